The van der Waals surface area contributed by atoms with Crippen LogP contribution in [0.1, 0.15) is 85.1 Å². The number of aliphatic hydroxyl groups excluding tert-OH is 2. The summed E-state index contributed by atoms with van der Waals surface area (Å²) in [5.74, 6) is 0.381. The fraction of sp³-hybridized carbons (Fsp3) is 0.636. The Kier molecular flexibility index (Phi) is 8.52. The Balaban J connectivity index is 0.00000164. The highest BCUT2D eigenvalue weighted by Crippen LogP contribution is 2.63. The summed E-state index contributed by atoms with van der Waals surface area (Å²) in [5, 5.41) is 32.4. The SMILES string of the molecule is CC.CC(C)C(C)c1ccc(N=C2C=CC3(C)C(=C2)CCC2C3C(O)CC3(O)C(C(=O)CO)CCC23)cc1. The molecule has 3 fully saturated rings. The zero-order valence-electron chi connectivity index (χ0n) is 24.0. The molecule has 3 N–H and O–H groups in total. The lowest BCUT2D eigenvalue weighted by atomic mass is 9.49. The standard InChI is InChI=1S/C31H41NO4.C2H6/c1-18(2)19(3)20-5-8-22(9-6-20)32-23-13-14-30(4)21(15-23)7-10-24-25-11-12-26(28(35)17-33)31(25,36)16-27(34)29(24)30;1-2/h5-6,8-9,13-15,18-19,24-27,29,33-34,36H,7,10-12,16-17H2,1-4H3;1-2H3. The highest BCUT2D eigenvalue weighted by atomic mass is 16.3. The smallest absolute Gasteiger partial charge is 0.164 e. The van der Waals surface area contributed by atoms with Crippen molar-refractivity contribution in [3.63, 3.8) is 0 Å². The van der Waals surface area contributed by atoms with Crippen molar-refractivity contribution in [2.24, 2.45) is 40.0 Å². The van der Waals surface area contributed by atoms with E-state index in [1.165, 1.54) is 11.1 Å². The number of aliphatic imine (C=N–C) groups is 1. The highest BCUT2D eigenvalue weighted by Gasteiger charge is 2.63. The van der Waals surface area contributed by atoms with Crippen molar-refractivity contribution in [2.75, 3.05) is 6.61 Å². The van der Waals surface area contributed by atoms with Gasteiger partial charge in [0.15, 0.2) is 5.78 Å². The number of nitrogens with zero attached hydrogens (tertiary/aromatic N) is 1. The van der Waals surface area contributed by atoms with Gasteiger partial charge in [-0.3, -0.25) is 4.79 Å². The first-order valence-corrected chi connectivity index (χ1v) is 14.7. The predicted molar refractivity (Wildman–Crippen MR) is 154 cm³/mol. The van der Waals surface area contributed by atoms with E-state index < -0.39 is 24.2 Å². The zero-order chi connectivity index (χ0) is 27.8. The molecule has 5 heteroatoms. The number of hydrogen-bond acceptors (Lipinski definition) is 5. The van der Waals surface area contributed by atoms with E-state index in [4.69, 9.17) is 4.99 Å². The van der Waals surface area contributed by atoms with Gasteiger partial charge in [-0.2, -0.15) is 0 Å². The first-order valence-electron chi connectivity index (χ1n) is 14.7. The normalized spacial score (nSPS) is 37.5. The molecule has 1 aromatic rings. The van der Waals surface area contributed by atoms with Crippen molar-refractivity contribution < 1.29 is 20.1 Å². The summed E-state index contributed by atoms with van der Waals surface area (Å²) in [5.41, 5.74) is 3.00. The summed E-state index contributed by atoms with van der Waals surface area (Å²) in [4.78, 5) is 17.3. The Bertz CT molecular complexity index is 1100. The molecule has 208 valence electrons. The molecule has 0 amide bonds. The molecule has 0 aromatic heterocycles. The predicted octanol–water partition coefficient (Wildman–Crippen LogP) is 6.16. The number of Topliss-reactive ketones (excluding diaryl/α,β-unsaturated/α-hetero) is 1. The minimum atomic E-state index is -1.21. The Hall–Kier alpha value is -2.08. The second-order valence-corrected chi connectivity index (χ2v) is 12.3. The van der Waals surface area contributed by atoms with Gasteiger partial charge in [-0.25, -0.2) is 4.99 Å². The number of ketones is 1. The number of aliphatic hydroxyl groups is 3. The first kappa shape index (κ1) is 28.9. The van der Waals surface area contributed by atoms with Gasteiger partial charge >= 0.3 is 0 Å². The fourth-order valence-electron chi connectivity index (χ4n) is 7.95. The van der Waals surface area contributed by atoms with Crippen LogP contribution < -0.4 is 0 Å². The average Bonchev–Trinajstić information content (AvgIpc) is 3.25. The number of carbonyl (C=O) groups excluding carboxylic acids is 1. The van der Waals surface area contributed by atoms with E-state index in [-0.39, 0.29) is 35.4 Å². The van der Waals surface area contributed by atoms with Crippen LogP contribution in [0, 0.1) is 35.0 Å². The van der Waals surface area contributed by atoms with E-state index >= 15 is 0 Å². The lowest BCUT2D eigenvalue weighted by molar-refractivity contribution is -0.173. The number of carbonyl (C=O) groups is 1. The van der Waals surface area contributed by atoms with Crippen LogP contribution in [0.25, 0.3) is 0 Å². The molecule has 3 saturated carbocycles. The maximum Gasteiger partial charge on any atom is 0.164 e. The quantitative estimate of drug-likeness (QED) is 0.433. The van der Waals surface area contributed by atoms with Crippen LogP contribution in [0.15, 0.2) is 53.1 Å². The van der Waals surface area contributed by atoms with Crippen molar-refractivity contribution >= 4 is 17.2 Å². The molecule has 1 aromatic carbocycles. The van der Waals surface area contributed by atoms with Gasteiger partial charge in [-0.15, -0.1) is 0 Å². The molecule has 0 aliphatic heterocycles. The van der Waals surface area contributed by atoms with E-state index in [0.29, 0.717) is 18.3 Å². The Labute approximate surface area is 228 Å². The van der Waals surface area contributed by atoms with Gasteiger partial charge in [-0.05, 0) is 79.2 Å². The zero-order valence-corrected chi connectivity index (χ0v) is 24.0. The molecular weight excluding hydrogens is 474 g/mol. The monoisotopic (exact) mass is 521 g/mol. The van der Waals surface area contributed by atoms with Crippen molar-refractivity contribution in [1.82, 2.24) is 0 Å². The molecule has 8 atom stereocenters. The number of hydrogen-bond donors (Lipinski definition) is 3. The molecular formula is C33H47NO4. The van der Waals surface area contributed by atoms with Crippen LogP contribution in [0.2, 0.25) is 0 Å². The van der Waals surface area contributed by atoms with Crippen molar-refractivity contribution in [3.8, 4) is 0 Å². The van der Waals surface area contributed by atoms with Crippen LogP contribution >= 0.6 is 0 Å². The summed E-state index contributed by atoms with van der Waals surface area (Å²) in [6.45, 7) is 12.4. The van der Waals surface area contributed by atoms with E-state index in [1.807, 2.05) is 13.8 Å². The van der Waals surface area contributed by atoms with Crippen molar-refractivity contribution in [1.29, 1.82) is 0 Å². The average molecular weight is 522 g/mol. The summed E-state index contributed by atoms with van der Waals surface area (Å²) in [7, 11) is 0. The number of fused-ring (bicyclic) bond motifs is 5. The molecule has 0 saturated heterocycles. The minimum Gasteiger partial charge on any atom is -0.393 e. The molecule has 4 aliphatic rings. The summed E-state index contributed by atoms with van der Waals surface area (Å²) in [6.07, 6.45) is 9.14. The molecule has 0 radical (unpaired) electrons. The number of allylic oxidation sites excluding steroid dienone is 4. The molecule has 0 heterocycles. The second kappa shape index (κ2) is 11.2. The number of benzene rings is 1. The third-order valence-electron chi connectivity index (χ3n) is 10.2. The van der Waals surface area contributed by atoms with Crippen molar-refractivity contribution in [3.05, 3.63) is 53.6 Å². The second-order valence-electron chi connectivity index (χ2n) is 12.3. The molecule has 5 rings (SSSR count). The Morgan fingerprint density at radius 3 is 2.42 bits per heavy atom. The minimum absolute atomic E-state index is 0.000332. The van der Waals surface area contributed by atoms with Crippen LogP contribution in [-0.2, 0) is 4.79 Å². The van der Waals surface area contributed by atoms with Gasteiger partial charge in [0.2, 0.25) is 0 Å². The third kappa shape index (κ3) is 4.87. The van der Waals surface area contributed by atoms with Crippen LogP contribution in [-0.4, -0.2) is 45.1 Å². The summed E-state index contributed by atoms with van der Waals surface area (Å²) < 4.78 is 0. The summed E-state index contributed by atoms with van der Waals surface area (Å²) >= 11 is 0. The summed E-state index contributed by atoms with van der Waals surface area (Å²) in [6, 6.07) is 8.53. The molecule has 5 nitrogen and oxygen atoms in total. The Morgan fingerprint density at radius 1 is 1.11 bits per heavy atom. The van der Waals surface area contributed by atoms with Gasteiger partial charge < -0.3 is 15.3 Å². The molecule has 38 heavy (non-hydrogen) atoms. The van der Waals surface area contributed by atoms with Crippen LogP contribution in [0.4, 0.5) is 5.69 Å². The molecule has 0 spiro atoms. The third-order valence-corrected chi connectivity index (χ3v) is 10.2. The molecule has 8 unspecified atom stereocenters. The molecule has 0 bridgehead atoms. The van der Waals surface area contributed by atoms with Crippen LogP contribution in [0.3, 0.4) is 0 Å². The number of rotatable bonds is 5. The van der Waals surface area contributed by atoms with Gasteiger partial charge in [0.1, 0.15) is 6.61 Å². The van der Waals surface area contributed by atoms with Gasteiger partial charge in [-0.1, -0.05) is 65.3 Å². The Morgan fingerprint density at radius 2 is 1.79 bits per heavy atom. The highest BCUT2D eigenvalue weighted by molar-refractivity contribution is 6.07. The van der Waals surface area contributed by atoms with E-state index in [2.05, 4.69) is 70.2 Å². The lowest BCUT2D eigenvalue weighted by Crippen LogP contribution is -2.60. The van der Waals surface area contributed by atoms with E-state index in [1.54, 1.807) is 0 Å². The van der Waals surface area contributed by atoms with Gasteiger partial charge in [0.05, 0.1) is 23.1 Å². The fourth-order valence-corrected chi connectivity index (χ4v) is 7.95. The first-order chi connectivity index (χ1) is 18.1. The lowest BCUT2D eigenvalue weighted by Gasteiger charge is -2.58. The maximum absolute atomic E-state index is 12.4. The van der Waals surface area contributed by atoms with Crippen LogP contribution in [0.5, 0.6) is 0 Å². The van der Waals surface area contributed by atoms with Gasteiger partial charge in [0.25, 0.3) is 0 Å². The maximum atomic E-state index is 12.4. The van der Waals surface area contributed by atoms with Gasteiger partial charge in [0, 0.05) is 23.7 Å². The largest absolute Gasteiger partial charge is 0.393 e. The molecule has 4 aliphatic carbocycles. The van der Waals surface area contributed by atoms with E-state index in [0.717, 1.165) is 30.7 Å². The van der Waals surface area contributed by atoms with Crippen molar-refractivity contribution in [2.45, 2.75) is 91.3 Å². The topological polar surface area (TPSA) is 90.1 Å². The van der Waals surface area contributed by atoms with E-state index in [9.17, 15) is 20.1 Å².